The molecule has 2 saturated heterocycles. The van der Waals surface area contributed by atoms with E-state index in [0.717, 1.165) is 52.1 Å². The van der Waals surface area contributed by atoms with Crippen molar-refractivity contribution in [3.63, 3.8) is 0 Å². The van der Waals surface area contributed by atoms with Gasteiger partial charge in [0.05, 0.1) is 0 Å². The minimum atomic E-state index is -0.309. The van der Waals surface area contributed by atoms with Crippen molar-refractivity contribution in [2.75, 3.05) is 24.6 Å². The molecule has 4 fully saturated rings. The number of aryl methyl sites for hydroxylation is 1. The molecule has 1 spiro atoms. The van der Waals surface area contributed by atoms with Gasteiger partial charge in [0.15, 0.2) is 0 Å². The average molecular weight is 572 g/mol. The first-order chi connectivity index (χ1) is 17.3. The van der Waals surface area contributed by atoms with E-state index in [1.165, 1.54) is 36.3 Å². The number of anilines is 1. The van der Waals surface area contributed by atoms with Crippen LogP contribution in [0, 0.1) is 12.3 Å². The van der Waals surface area contributed by atoms with E-state index in [0.29, 0.717) is 12.5 Å². The molecule has 3 aromatic heterocycles. The van der Waals surface area contributed by atoms with Crippen LogP contribution in [0.5, 0.6) is 0 Å². The molecule has 10 heteroatoms. The molecule has 0 radical (unpaired) electrons. The zero-order valence-electron chi connectivity index (χ0n) is 21.0. The summed E-state index contributed by atoms with van der Waals surface area (Å²) in [6, 6.07) is 2.29. The Balaban J connectivity index is 1.30. The van der Waals surface area contributed by atoms with Crippen molar-refractivity contribution < 1.29 is 9.53 Å². The van der Waals surface area contributed by atoms with Crippen molar-refractivity contribution >= 4 is 43.6 Å². The Morgan fingerprint density at radius 1 is 1.19 bits per heavy atom. The SMILES string of the molecule is Cc1nnc(-c2c(C3CC3)nc3c(N4CCC5(CC4)CO[C@@H](C)C5=O)cc(SNC4(C)CC4)cn23)[se]1. The molecule has 5 heterocycles. The van der Waals surface area contributed by atoms with Crippen LogP contribution in [0.15, 0.2) is 17.2 Å². The number of aromatic nitrogens is 4. The third kappa shape index (κ3) is 3.97. The summed E-state index contributed by atoms with van der Waals surface area (Å²) in [4.78, 5) is 21.8. The fourth-order valence-corrected chi connectivity index (χ4v) is 8.01. The van der Waals surface area contributed by atoms with Crippen LogP contribution in [-0.2, 0) is 9.53 Å². The molecule has 8 nitrogen and oxygen atoms in total. The number of rotatable bonds is 6. The van der Waals surface area contributed by atoms with Crippen molar-refractivity contribution in [1.82, 2.24) is 24.3 Å². The fraction of sp³-hybridized carbons (Fsp3) is 0.615. The number of carbonyl (C=O) groups is 1. The molecule has 0 bridgehead atoms. The normalized spacial score (nSPS) is 24.8. The average Bonchev–Trinajstić information content (AvgIpc) is 3.76. The fourth-order valence-electron chi connectivity index (χ4n) is 5.56. The summed E-state index contributed by atoms with van der Waals surface area (Å²) in [5.41, 5.74) is 4.45. The van der Waals surface area contributed by atoms with Crippen LogP contribution in [0.1, 0.15) is 68.6 Å². The van der Waals surface area contributed by atoms with Gasteiger partial charge in [0.2, 0.25) is 0 Å². The summed E-state index contributed by atoms with van der Waals surface area (Å²) in [6.45, 7) is 8.49. The molecule has 4 aliphatic rings. The van der Waals surface area contributed by atoms with E-state index in [1.807, 2.05) is 6.92 Å². The van der Waals surface area contributed by atoms with Crippen LogP contribution in [0.4, 0.5) is 5.69 Å². The second-order valence-electron chi connectivity index (χ2n) is 11.4. The van der Waals surface area contributed by atoms with Crippen LogP contribution >= 0.6 is 11.9 Å². The molecule has 0 amide bonds. The number of nitrogens with one attached hydrogen (secondary N) is 1. The third-order valence-corrected chi connectivity index (χ3v) is 11.2. The Labute approximate surface area is 221 Å². The monoisotopic (exact) mass is 572 g/mol. The van der Waals surface area contributed by atoms with Gasteiger partial charge in [-0.1, -0.05) is 0 Å². The van der Waals surface area contributed by atoms with Gasteiger partial charge in [-0.2, -0.15) is 0 Å². The summed E-state index contributed by atoms with van der Waals surface area (Å²) in [5, 5.41) is 8.98. The van der Waals surface area contributed by atoms with Crippen LogP contribution < -0.4 is 9.62 Å². The Bertz CT molecular complexity index is 1350. The van der Waals surface area contributed by atoms with Crippen LogP contribution in [-0.4, -0.2) is 71.2 Å². The summed E-state index contributed by atoms with van der Waals surface area (Å²) in [6.07, 6.45) is 8.47. The maximum atomic E-state index is 12.9. The minimum absolute atomic E-state index is 0.139. The van der Waals surface area contributed by atoms with E-state index in [-0.39, 0.29) is 37.3 Å². The van der Waals surface area contributed by atoms with E-state index >= 15 is 0 Å². The first-order valence-electron chi connectivity index (χ1n) is 13.1. The van der Waals surface area contributed by atoms with Crippen molar-refractivity contribution in [1.29, 1.82) is 0 Å². The van der Waals surface area contributed by atoms with Crippen molar-refractivity contribution in [2.45, 2.75) is 81.8 Å². The number of imidazole rings is 1. The quantitative estimate of drug-likeness (QED) is 0.354. The standard InChI is InChI=1S/C26H32N6O2SSe/c1-15-22(33)26(14-34-15)8-10-31(11-9-26)19-12-18(35-30-25(3)6-7-25)13-32-21(24-29-28-16(2)36-24)20(17-4-5-17)27-23(19)32/h12-13,15,17,30H,4-11,14H2,1-3H3/t15-/m0/s1. The molecule has 1 atom stereocenters. The van der Waals surface area contributed by atoms with Gasteiger partial charge in [0.25, 0.3) is 0 Å². The number of piperidine rings is 1. The number of nitrogens with zero attached hydrogens (tertiary/aromatic N) is 5. The van der Waals surface area contributed by atoms with E-state index in [1.54, 1.807) is 11.9 Å². The number of hydrogen-bond donors (Lipinski definition) is 1. The van der Waals surface area contributed by atoms with Gasteiger partial charge < -0.3 is 0 Å². The summed E-state index contributed by atoms with van der Waals surface area (Å²) >= 11 is 1.86. The first-order valence-corrected chi connectivity index (χ1v) is 15.6. The number of ether oxygens (including phenoxy) is 1. The molecule has 2 aliphatic heterocycles. The van der Waals surface area contributed by atoms with Crippen molar-refractivity contribution in [3.05, 3.63) is 22.5 Å². The zero-order valence-corrected chi connectivity index (χ0v) is 23.6. The molecule has 2 saturated carbocycles. The van der Waals surface area contributed by atoms with Gasteiger partial charge in [-0.25, -0.2) is 0 Å². The summed E-state index contributed by atoms with van der Waals surface area (Å²) in [5.74, 6) is 0.806. The molecule has 3 aromatic rings. The molecule has 190 valence electrons. The van der Waals surface area contributed by atoms with E-state index < -0.39 is 0 Å². The Morgan fingerprint density at radius 2 is 1.97 bits per heavy atom. The number of carbonyl (C=O) groups excluding carboxylic acids is 1. The summed E-state index contributed by atoms with van der Waals surface area (Å²) < 4.78 is 13.9. The first kappa shape index (κ1) is 23.4. The number of ketones is 1. The van der Waals surface area contributed by atoms with Gasteiger partial charge in [-0.15, -0.1) is 0 Å². The molecular weight excluding hydrogens is 539 g/mol. The van der Waals surface area contributed by atoms with Crippen LogP contribution in [0.3, 0.4) is 0 Å². The number of pyridine rings is 1. The molecule has 1 N–H and O–H groups in total. The van der Waals surface area contributed by atoms with Gasteiger partial charge in [0.1, 0.15) is 0 Å². The predicted molar refractivity (Wildman–Crippen MR) is 141 cm³/mol. The molecule has 2 aliphatic carbocycles. The Kier molecular flexibility index (Phi) is 5.46. The van der Waals surface area contributed by atoms with E-state index in [9.17, 15) is 4.79 Å². The topological polar surface area (TPSA) is 84.7 Å². The molecule has 36 heavy (non-hydrogen) atoms. The zero-order chi connectivity index (χ0) is 24.7. The second-order valence-corrected chi connectivity index (χ2v) is 14.7. The van der Waals surface area contributed by atoms with Crippen molar-refractivity contribution in [3.8, 4) is 10.3 Å². The predicted octanol–water partition coefficient (Wildman–Crippen LogP) is 3.76. The Hall–Kier alpha value is -1.71. The molecule has 0 aromatic carbocycles. The molecular formula is C26H32N6O2SSe. The molecule has 7 rings (SSSR count). The van der Waals surface area contributed by atoms with E-state index in [4.69, 9.17) is 9.72 Å². The third-order valence-electron chi connectivity index (χ3n) is 8.37. The van der Waals surface area contributed by atoms with Gasteiger partial charge in [-0.05, 0) is 0 Å². The van der Waals surface area contributed by atoms with Gasteiger partial charge in [-0.3, -0.25) is 0 Å². The number of fused-ring (bicyclic) bond motifs is 1. The maximum absolute atomic E-state index is 12.9. The number of Topliss-reactive ketones (excluding diaryl/α,β-unsaturated/α-hetero) is 1. The number of hydrogen-bond acceptors (Lipinski definition) is 8. The van der Waals surface area contributed by atoms with Crippen molar-refractivity contribution in [2.24, 2.45) is 5.41 Å². The Morgan fingerprint density at radius 3 is 2.58 bits per heavy atom. The van der Waals surface area contributed by atoms with Crippen LogP contribution in [0.2, 0.25) is 0 Å². The van der Waals surface area contributed by atoms with E-state index in [2.05, 4.69) is 50.3 Å². The van der Waals surface area contributed by atoms with Gasteiger partial charge in [0, 0.05) is 0 Å². The van der Waals surface area contributed by atoms with Crippen LogP contribution in [0.25, 0.3) is 15.9 Å². The van der Waals surface area contributed by atoms with Gasteiger partial charge >= 0.3 is 222 Å². The molecule has 0 unspecified atom stereocenters. The summed E-state index contributed by atoms with van der Waals surface area (Å²) in [7, 11) is 0. The second kappa shape index (κ2) is 8.40.